The van der Waals surface area contributed by atoms with Gasteiger partial charge < -0.3 is 4.74 Å². The molecular formula is C13H9ClF4N2O3. The fourth-order valence-electron chi connectivity index (χ4n) is 1.97. The number of rotatable bonds is 2. The first-order chi connectivity index (χ1) is 10.6. The molecule has 1 heterocycles. The van der Waals surface area contributed by atoms with Crippen molar-refractivity contribution >= 4 is 11.6 Å². The lowest BCUT2D eigenvalue weighted by Gasteiger charge is -2.15. The molecule has 1 aromatic heterocycles. The normalized spacial score (nSPS) is 11.6. The predicted octanol–water partition coefficient (Wildman–Crippen LogP) is 2.36. The molecule has 0 saturated heterocycles. The van der Waals surface area contributed by atoms with Crippen molar-refractivity contribution in [3.05, 3.63) is 55.6 Å². The fraction of sp³-hybridized carbons (Fsp3) is 0.231. The molecular weight excluding hydrogens is 344 g/mol. The maximum Gasteiger partial charge on any atom is 0.431 e. The highest BCUT2D eigenvalue weighted by Crippen LogP contribution is 2.29. The molecule has 0 atom stereocenters. The molecule has 0 unspecified atom stereocenters. The summed E-state index contributed by atoms with van der Waals surface area (Å²) < 4.78 is 57.7. The Kier molecular flexibility index (Phi) is 4.25. The Labute approximate surface area is 131 Å². The van der Waals surface area contributed by atoms with Crippen molar-refractivity contribution in [3.8, 4) is 11.4 Å². The minimum Gasteiger partial charge on any atom is -0.495 e. The second kappa shape index (κ2) is 5.73. The van der Waals surface area contributed by atoms with Gasteiger partial charge in [0.15, 0.2) is 0 Å². The van der Waals surface area contributed by atoms with E-state index in [2.05, 4.69) is 0 Å². The molecule has 0 saturated carbocycles. The molecule has 2 aromatic rings. The third kappa shape index (κ3) is 2.96. The van der Waals surface area contributed by atoms with Crippen LogP contribution in [0.25, 0.3) is 5.69 Å². The number of alkyl halides is 3. The molecule has 124 valence electrons. The quantitative estimate of drug-likeness (QED) is 0.780. The predicted molar refractivity (Wildman–Crippen MR) is 73.8 cm³/mol. The Morgan fingerprint density at radius 1 is 1.17 bits per heavy atom. The van der Waals surface area contributed by atoms with E-state index in [0.717, 1.165) is 19.2 Å². The van der Waals surface area contributed by atoms with Crippen LogP contribution in [0.5, 0.6) is 5.75 Å². The van der Waals surface area contributed by atoms with Gasteiger partial charge in [-0.15, -0.1) is 0 Å². The maximum absolute atomic E-state index is 14.0. The van der Waals surface area contributed by atoms with Crippen LogP contribution in [0.3, 0.4) is 0 Å². The lowest BCUT2D eigenvalue weighted by molar-refractivity contribution is -0.144. The summed E-state index contributed by atoms with van der Waals surface area (Å²) >= 11 is 5.70. The molecule has 0 amide bonds. The van der Waals surface area contributed by atoms with E-state index in [9.17, 15) is 27.2 Å². The van der Waals surface area contributed by atoms with Gasteiger partial charge in [0.25, 0.3) is 5.56 Å². The van der Waals surface area contributed by atoms with Gasteiger partial charge in [-0.25, -0.2) is 13.8 Å². The summed E-state index contributed by atoms with van der Waals surface area (Å²) in [7, 11) is 2.04. The molecule has 23 heavy (non-hydrogen) atoms. The molecule has 0 spiro atoms. The largest absolute Gasteiger partial charge is 0.495 e. The second-order valence-corrected chi connectivity index (χ2v) is 4.89. The smallest absolute Gasteiger partial charge is 0.431 e. The Balaban J connectivity index is 2.84. The van der Waals surface area contributed by atoms with Crippen molar-refractivity contribution in [3.63, 3.8) is 0 Å². The first kappa shape index (κ1) is 17.1. The summed E-state index contributed by atoms with van der Waals surface area (Å²) in [5, 5.41) is -0.120. The molecule has 0 aliphatic carbocycles. The van der Waals surface area contributed by atoms with E-state index < -0.39 is 34.6 Å². The number of hydrogen-bond acceptors (Lipinski definition) is 3. The first-order valence-corrected chi connectivity index (χ1v) is 6.39. The molecule has 0 N–H and O–H groups in total. The number of aromatic nitrogens is 2. The second-order valence-electron chi connectivity index (χ2n) is 4.48. The molecule has 2 rings (SSSR count). The fourth-order valence-corrected chi connectivity index (χ4v) is 2.19. The molecule has 5 nitrogen and oxygen atoms in total. The Morgan fingerprint density at radius 3 is 2.30 bits per heavy atom. The zero-order valence-electron chi connectivity index (χ0n) is 11.7. The Morgan fingerprint density at radius 2 is 1.78 bits per heavy atom. The lowest BCUT2D eigenvalue weighted by Crippen LogP contribution is -2.41. The van der Waals surface area contributed by atoms with E-state index in [-0.39, 0.29) is 26.0 Å². The van der Waals surface area contributed by atoms with Crippen LogP contribution in [0.1, 0.15) is 5.69 Å². The minimum atomic E-state index is -4.90. The summed E-state index contributed by atoms with van der Waals surface area (Å²) in [5.74, 6) is -1.10. The third-order valence-corrected chi connectivity index (χ3v) is 3.37. The van der Waals surface area contributed by atoms with Gasteiger partial charge >= 0.3 is 11.9 Å². The molecule has 0 radical (unpaired) electrons. The minimum absolute atomic E-state index is 0.0445. The molecule has 0 bridgehead atoms. The van der Waals surface area contributed by atoms with Gasteiger partial charge in [0, 0.05) is 19.2 Å². The zero-order chi connectivity index (χ0) is 17.5. The Hall–Kier alpha value is -2.29. The number of methoxy groups -OCH3 is 1. The topological polar surface area (TPSA) is 53.2 Å². The van der Waals surface area contributed by atoms with E-state index >= 15 is 0 Å². The number of nitrogens with zero attached hydrogens (tertiary/aromatic N) is 2. The van der Waals surface area contributed by atoms with E-state index in [0.29, 0.717) is 0 Å². The van der Waals surface area contributed by atoms with E-state index in [4.69, 9.17) is 16.3 Å². The maximum atomic E-state index is 14.0. The molecule has 0 aliphatic rings. The summed E-state index contributed by atoms with van der Waals surface area (Å²) in [4.78, 5) is 24.0. The van der Waals surface area contributed by atoms with E-state index in [1.54, 1.807) is 0 Å². The van der Waals surface area contributed by atoms with Crippen LogP contribution in [0.4, 0.5) is 17.6 Å². The summed E-state index contributed by atoms with van der Waals surface area (Å²) in [6, 6.07) is 1.95. The molecule has 10 heteroatoms. The standard InChI is InChI=1S/C13H9ClF4N2O3/c1-19-10(13(16,17)18)5-11(21)20(12(19)22)8-4-9(23-2)6(14)3-7(8)15/h3-5H,1-2H3. The van der Waals surface area contributed by atoms with Gasteiger partial charge in [-0.05, 0) is 6.07 Å². The molecule has 0 aliphatic heterocycles. The Bertz CT molecular complexity index is 886. The van der Waals surface area contributed by atoms with Gasteiger partial charge in [-0.2, -0.15) is 13.2 Å². The average molecular weight is 353 g/mol. The van der Waals surface area contributed by atoms with Gasteiger partial charge in [0.2, 0.25) is 0 Å². The highest BCUT2D eigenvalue weighted by molar-refractivity contribution is 6.32. The van der Waals surface area contributed by atoms with Crippen molar-refractivity contribution in [1.29, 1.82) is 0 Å². The van der Waals surface area contributed by atoms with Gasteiger partial charge in [0.1, 0.15) is 17.3 Å². The summed E-state index contributed by atoms with van der Waals surface area (Å²) in [6.45, 7) is 0. The average Bonchev–Trinajstić information content (AvgIpc) is 2.44. The first-order valence-electron chi connectivity index (χ1n) is 6.01. The summed E-state index contributed by atoms with van der Waals surface area (Å²) in [6.07, 6.45) is -4.90. The molecule has 1 aromatic carbocycles. The number of ether oxygens (including phenoxy) is 1. The van der Waals surface area contributed by atoms with Crippen molar-refractivity contribution in [1.82, 2.24) is 9.13 Å². The number of benzene rings is 1. The van der Waals surface area contributed by atoms with Crippen molar-refractivity contribution in [2.24, 2.45) is 7.05 Å². The van der Waals surface area contributed by atoms with E-state index in [1.807, 2.05) is 0 Å². The van der Waals surface area contributed by atoms with Crippen LogP contribution < -0.4 is 16.0 Å². The van der Waals surface area contributed by atoms with Gasteiger partial charge in [-0.1, -0.05) is 11.6 Å². The van der Waals surface area contributed by atoms with Crippen molar-refractivity contribution in [2.45, 2.75) is 6.18 Å². The summed E-state index contributed by atoms with van der Waals surface area (Å²) in [5.41, 5.74) is -4.69. The van der Waals surface area contributed by atoms with Crippen LogP contribution in [-0.2, 0) is 13.2 Å². The van der Waals surface area contributed by atoms with Gasteiger partial charge in [-0.3, -0.25) is 9.36 Å². The van der Waals surface area contributed by atoms with Crippen LogP contribution >= 0.6 is 11.6 Å². The van der Waals surface area contributed by atoms with Gasteiger partial charge in [0.05, 0.1) is 17.8 Å². The van der Waals surface area contributed by atoms with Crippen LogP contribution in [0.2, 0.25) is 5.02 Å². The zero-order valence-corrected chi connectivity index (χ0v) is 12.5. The SMILES string of the molecule is COc1cc(-n2c(=O)cc(C(F)(F)F)n(C)c2=O)c(F)cc1Cl. The van der Waals surface area contributed by atoms with Crippen LogP contribution in [0, 0.1) is 5.82 Å². The third-order valence-electron chi connectivity index (χ3n) is 3.07. The lowest BCUT2D eigenvalue weighted by atomic mass is 10.2. The van der Waals surface area contributed by atoms with Crippen LogP contribution in [-0.4, -0.2) is 16.2 Å². The van der Waals surface area contributed by atoms with E-state index in [1.165, 1.54) is 7.11 Å². The van der Waals surface area contributed by atoms with Crippen LogP contribution in [0.15, 0.2) is 27.8 Å². The monoisotopic (exact) mass is 352 g/mol. The highest BCUT2D eigenvalue weighted by atomic mass is 35.5. The van der Waals surface area contributed by atoms with Crippen molar-refractivity contribution < 1.29 is 22.3 Å². The number of halogens is 5. The highest BCUT2D eigenvalue weighted by Gasteiger charge is 2.35. The molecule has 0 fully saturated rings. The number of hydrogen-bond donors (Lipinski definition) is 0. The van der Waals surface area contributed by atoms with Crippen molar-refractivity contribution in [2.75, 3.05) is 7.11 Å².